The topological polar surface area (TPSA) is 74.1 Å². The summed E-state index contributed by atoms with van der Waals surface area (Å²) in [7, 11) is 0. The Balaban J connectivity index is 2.15. The molecular formula is C16H22BrN5O2. The average molecular weight is 396 g/mol. The van der Waals surface area contributed by atoms with E-state index in [4.69, 9.17) is 9.47 Å². The van der Waals surface area contributed by atoms with Gasteiger partial charge in [-0.05, 0) is 57.4 Å². The summed E-state index contributed by atoms with van der Waals surface area (Å²) in [5.41, 5.74) is 1.03. The number of tetrazole rings is 1. The number of nitrogens with one attached hydrogen (secondary N) is 1. The van der Waals surface area contributed by atoms with Crippen LogP contribution in [0.5, 0.6) is 11.5 Å². The van der Waals surface area contributed by atoms with Crippen molar-refractivity contribution in [2.75, 3.05) is 18.5 Å². The number of hydrogen-bond acceptors (Lipinski definition) is 6. The van der Waals surface area contributed by atoms with Crippen molar-refractivity contribution in [3.63, 3.8) is 0 Å². The van der Waals surface area contributed by atoms with Crippen LogP contribution >= 0.6 is 15.9 Å². The van der Waals surface area contributed by atoms with Gasteiger partial charge < -0.3 is 14.8 Å². The minimum absolute atomic E-state index is 0.549. The molecule has 0 saturated heterocycles. The van der Waals surface area contributed by atoms with Crippen LogP contribution in [0.2, 0.25) is 0 Å². The van der Waals surface area contributed by atoms with Crippen LogP contribution in [-0.2, 0) is 13.1 Å². The summed E-state index contributed by atoms with van der Waals surface area (Å²) in [6.07, 6.45) is 2.68. The monoisotopic (exact) mass is 395 g/mol. The molecule has 0 aliphatic carbocycles. The van der Waals surface area contributed by atoms with Crippen molar-refractivity contribution in [2.24, 2.45) is 0 Å². The van der Waals surface area contributed by atoms with Crippen LogP contribution in [0.4, 0.5) is 5.95 Å². The molecule has 0 unspecified atom stereocenters. The number of aromatic nitrogens is 4. The average Bonchev–Trinajstić information content (AvgIpc) is 3.00. The first-order valence-corrected chi connectivity index (χ1v) is 8.67. The maximum absolute atomic E-state index is 5.79. The van der Waals surface area contributed by atoms with Crippen LogP contribution in [0, 0.1) is 0 Å². The molecule has 0 aliphatic heterocycles. The predicted molar refractivity (Wildman–Crippen MR) is 96.4 cm³/mol. The van der Waals surface area contributed by atoms with Gasteiger partial charge in [0, 0.05) is 6.54 Å². The number of hydrogen-bond donors (Lipinski definition) is 1. The lowest BCUT2D eigenvalue weighted by molar-refractivity contribution is 0.275. The third-order valence-corrected chi connectivity index (χ3v) is 3.69. The molecule has 0 spiro atoms. The van der Waals surface area contributed by atoms with E-state index in [1.165, 1.54) is 0 Å². The van der Waals surface area contributed by atoms with Gasteiger partial charge in [-0.2, -0.15) is 0 Å². The van der Waals surface area contributed by atoms with Gasteiger partial charge in [0.25, 0.3) is 0 Å². The van der Waals surface area contributed by atoms with Crippen molar-refractivity contribution in [2.45, 2.75) is 33.4 Å². The van der Waals surface area contributed by atoms with Gasteiger partial charge in [0.15, 0.2) is 11.5 Å². The molecule has 0 amide bonds. The Bertz CT molecular complexity index is 674. The number of benzene rings is 1. The molecule has 1 aromatic heterocycles. The normalized spacial score (nSPS) is 10.5. The second-order valence-corrected chi connectivity index (χ2v) is 5.87. The summed E-state index contributed by atoms with van der Waals surface area (Å²) in [6.45, 7) is 10.0. The molecule has 0 atom stereocenters. The zero-order valence-electron chi connectivity index (χ0n) is 14.0. The third-order valence-electron chi connectivity index (χ3n) is 3.10. The summed E-state index contributed by atoms with van der Waals surface area (Å²) in [4.78, 5) is 0. The highest BCUT2D eigenvalue weighted by atomic mass is 79.9. The Labute approximate surface area is 150 Å². The lowest BCUT2D eigenvalue weighted by Crippen LogP contribution is -2.09. The van der Waals surface area contributed by atoms with E-state index >= 15 is 0 Å². The molecule has 0 bridgehead atoms. The van der Waals surface area contributed by atoms with E-state index in [1.54, 1.807) is 10.8 Å². The summed E-state index contributed by atoms with van der Waals surface area (Å²) in [6, 6.07) is 3.97. The number of anilines is 1. The van der Waals surface area contributed by atoms with Crippen molar-refractivity contribution in [1.82, 2.24) is 20.2 Å². The van der Waals surface area contributed by atoms with Gasteiger partial charge in [-0.15, -0.1) is 6.58 Å². The lowest BCUT2D eigenvalue weighted by Gasteiger charge is -2.15. The van der Waals surface area contributed by atoms with Gasteiger partial charge in [-0.1, -0.05) is 18.1 Å². The fourth-order valence-electron chi connectivity index (χ4n) is 2.09. The van der Waals surface area contributed by atoms with Crippen LogP contribution < -0.4 is 14.8 Å². The molecule has 7 nitrogen and oxygen atoms in total. The molecule has 0 radical (unpaired) electrons. The Morgan fingerprint density at radius 3 is 2.88 bits per heavy atom. The lowest BCUT2D eigenvalue weighted by atomic mass is 10.2. The van der Waals surface area contributed by atoms with Crippen molar-refractivity contribution < 1.29 is 9.47 Å². The standard InChI is InChI=1S/C16H22BrN5O2/c1-4-7-22-16(19-20-21-22)18-11-12-9-13(17)15(24-8-5-2)14(10-12)23-6-3/h4,9-10H,1,5-8,11H2,2-3H3,(H,18,19,21). The van der Waals surface area contributed by atoms with Gasteiger partial charge in [0.05, 0.1) is 24.2 Å². The predicted octanol–water partition coefficient (Wildman–Crippen LogP) is 3.42. The molecular weight excluding hydrogens is 374 g/mol. The van der Waals surface area contributed by atoms with Crippen LogP contribution in [-0.4, -0.2) is 33.4 Å². The van der Waals surface area contributed by atoms with Crippen molar-refractivity contribution in [3.05, 3.63) is 34.8 Å². The summed E-state index contributed by atoms with van der Waals surface area (Å²) < 4.78 is 14.0. The van der Waals surface area contributed by atoms with Crippen LogP contribution in [0.3, 0.4) is 0 Å². The van der Waals surface area contributed by atoms with E-state index in [2.05, 4.69) is 50.3 Å². The zero-order valence-corrected chi connectivity index (χ0v) is 15.5. The van der Waals surface area contributed by atoms with Gasteiger partial charge in [0.1, 0.15) is 0 Å². The number of allylic oxidation sites excluding steroid dienone is 1. The van der Waals surface area contributed by atoms with E-state index in [0.29, 0.717) is 32.3 Å². The van der Waals surface area contributed by atoms with E-state index in [-0.39, 0.29) is 0 Å². The quantitative estimate of drug-likeness (QED) is 0.621. The highest BCUT2D eigenvalue weighted by molar-refractivity contribution is 9.10. The summed E-state index contributed by atoms with van der Waals surface area (Å²) >= 11 is 3.56. The fourth-order valence-corrected chi connectivity index (χ4v) is 2.69. The van der Waals surface area contributed by atoms with E-state index in [9.17, 15) is 0 Å². The maximum Gasteiger partial charge on any atom is 0.243 e. The number of ether oxygens (including phenoxy) is 2. The SMILES string of the molecule is C=CCn1nnnc1NCc1cc(Br)c(OCCC)c(OCC)c1. The van der Waals surface area contributed by atoms with Gasteiger partial charge in [-0.3, -0.25) is 0 Å². The minimum atomic E-state index is 0.549. The second-order valence-electron chi connectivity index (χ2n) is 5.01. The molecule has 1 heterocycles. The molecule has 2 rings (SSSR count). The number of halogens is 1. The first-order chi connectivity index (χ1) is 11.7. The number of nitrogens with zero attached hydrogens (tertiary/aromatic N) is 4. The molecule has 8 heteroatoms. The van der Waals surface area contributed by atoms with Gasteiger partial charge in [0.2, 0.25) is 5.95 Å². The van der Waals surface area contributed by atoms with Crippen molar-refractivity contribution in [3.8, 4) is 11.5 Å². The largest absolute Gasteiger partial charge is 0.490 e. The van der Waals surface area contributed by atoms with E-state index in [0.717, 1.165) is 28.0 Å². The van der Waals surface area contributed by atoms with E-state index in [1.807, 2.05) is 19.1 Å². The first kappa shape index (κ1) is 18.3. The highest BCUT2D eigenvalue weighted by Crippen LogP contribution is 2.37. The zero-order chi connectivity index (χ0) is 17.4. The van der Waals surface area contributed by atoms with Crippen LogP contribution in [0.25, 0.3) is 0 Å². The van der Waals surface area contributed by atoms with Gasteiger partial charge in [-0.25, -0.2) is 4.68 Å². The number of rotatable bonds is 10. The maximum atomic E-state index is 5.79. The first-order valence-electron chi connectivity index (χ1n) is 7.88. The van der Waals surface area contributed by atoms with Crippen molar-refractivity contribution in [1.29, 1.82) is 0 Å². The molecule has 0 fully saturated rings. The molecule has 24 heavy (non-hydrogen) atoms. The molecule has 0 aliphatic rings. The third kappa shape index (κ3) is 4.70. The fraction of sp³-hybridized carbons (Fsp3) is 0.438. The molecule has 1 N–H and O–H groups in total. The molecule has 1 aromatic carbocycles. The van der Waals surface area contributed by atoms with Crippen LogP contribution in [0.15, 0.2) is 29.3 Å². The summed E-state index contributed by atoms with van der Waals surface area (Å²) in [5, 5.41) is 14.7. The van der Waals surface area contributed by atoms with Gasteiger partial charge >= 0.3 is 0 Å². The molecule has 130 valence electrons. The van der Waals surface area contributed by atoms with E-state index < -0.39 is 0 Å². The molecule has 0 saturated carbocycles. The highest BCUT2D eigenvalue weighted by Gasteiger charge is 2.13. The smallest absolute Gasteiger partial charge is 0.243 e. The molecule has 2 aromatic rings. The summed E-state index contributed by atoms with van der Waals surface area (Å²) in [5.74, 6) is 2.05. The Kier molecular flexibility index (Phi) is 7.05. The minimum Gasteiger partial charge on any atom is -0.490 e. The Hall–Kier alpha value is -2.09. The Morgan fingerprint density at radius 2 is 2.17 bits per heavy atom. The second kappa shape index (κ2) is 9.27. The Morgan fingerprint density at radius 1 is 1.33 bits per heavy atom. The van der Waals surface area contributed by atoms with Crippen molar-refractivity contribution >= 4 is 21.9 Å². The van der Waals surface area contributed by atoms with Crippen LogP contribution in [0.1, 0.15) is 25.8 Å².